The van der Waals surface area contributed by atoms with Crippen molar-refractivity contribution in [2.24, 2.45) is 0 Å². The summed E-state index contributed by atoms with van der Waals surface area (Å²) in [4.78, 5) is 23.0. The number of nitriles is 1. The van der Waals surface area contributed by atoms with Crippen molar-refractivity contribution in [2.45, 2.75) is 57.4 Å². The highest BCUT2D eigenvalue weighted by Gasteiger charge is 2.41. The van der Waals surface area contributed by atoms with Crippen LogP contribution in [0.3, 0.4) is 0 Å². The lowest BCUT2D eigenvalue weighted by molar-refractivity contribution is 0.103. The lowest BCUT2D eigenvalue weighted by Gasteiger charge is -2.40. The number of hydrogen-bond donors (Lipinski definition) is 1. The molecule has 224 valence electrons. The summed E-state index contributed by atoms with van der Waals surface area (Å²) < 4.78 is 26.0. The Labute approximate surface area is 254 Å². The van der Waals surface area contributed by atoms with E-state index in [9.17, 15) is 18.5 Å². The zero-order valence-electron chi connectivity index (χ0n) is 25.2. The second kappa shape index (κ2) is 10.3. The summed E-state index contributed by atoms with van der Waals surface area (Å²) in [6.45, 7) is 9.45. The van der Waals surface area contributed by atoms with Crippen LogP contribution in [0.15, 0.2) is 36.4 Å². The number of likely N-dealkylation sites (tertiary alicyclic amines) is 1. The zero-order chi connectivity index (χ0) is 30.1. The molecule has 1 aliphatic carbocycles. The monoisotopic (exact) mass is 597 g/mol. The fraction of sp³-hybridized carbons (Fsp3) is 0.471. The molecule has 3 aromatic rings. The predicted molar refractivity (Wildman–Crippen MR) is 170 cm³/mol. The average molecular weight is 598 g/mol. The van der Waals surface area contributed by atoms with Gasteiger partial charge in [-0.2, -0.15) is 9.57 Å². The summed E-state index contributed by atoms with van der Waals surface area (Å²) in [5.41, 5.74) is 7.49. The number of nitrogens with one attached hydrogen (secondary N) is 1. The van der Waals surface area contributed by atoms with E-state index in [-0.39, 0.29) is 5.78 Å². The first-order chi connectivity index (χ1) is 20.6. The average Bonchev–Trinajstić information content (AvgIpc) is 3.68. The smallest absolute Gasteiger partial charge is 0.211 e. The van der Waals surface area contributed by atoms with Crippen molar-refractivity contribution in [3.05, 3.63) is 69.9 Å². The van der Waals surface area contributed by atoms with Crippen LogP contribution in [0.1, 0.15) is 84.3 Å². The highest BCUT2D eigenvalue weighted by Crippen LogP contribution is 2.47. The van der Waals surface area contributed by atoms with Gasteiger partial charge in [-0.3, -0.25) is 4.79 Å². The Morgan fingerprint density at radius 1 is 1.00 bits per heavy atom. The number of rotatable bonds is 4. The lowest BCUT2D eigenvalue weighted by atomic mass is 9.70. The molecule has 1 aromatic heterocycles. The molecule has 8 nitrogen and oxygen atoms in total. The van der Waals surface area contributed by atoms with E-state index in [1.807, 2.05) is 18.2 Å². The van der Waals surface area contributed by atoms with Crippen molar-refractivity contribution in [1.82, 2.24) is 14.2 Å². The first kappa shape index (κ1) is 28.3. The largest absolute Gasteiger partial charge is 0.371 e. The topological polar surface area (TPSA) is 101 Å². The Balaban J connectivity index is 1.33. The van der Waals surface area contributed by atoms with E-state index < -0.39 is 15.4 Å². The number of nitrogens with zero attached hydrogens (tertiary/aromatic N) is 4. The van der Waals surface area contributed by atoms with Crippen LogP contribution in [0.5, 0.6) is 0 Å². The van der Waals surface area contributed by atoms with Crippen LogP contribution in [0.25, 0.3) is 16.5 Å². The third kappa shape index (κ3) is 4.71. The SMILES string of the molecule is CC1(C)c2cc(N3CCC(N4CCCC4)CC3)c(C3=CCN(S(C)(=O)=O)CC3)cc2C(=O)c2c1[nH]c1cc(C#N)ccc21. The van der Waals surface area contributed by atoms with E-state index in [0.717, 1.165) is 64.9 Å². The highest BCUT2D eigenvalue weighted by molar-refractivity contribution is 7.88. The van der Waals surface area contributed by atoms with Crippen molar-refractivity contribution in [3.8, 4) is 6.07 Å². The van der Waals surface area contributed by atoms with Crippen molar-refractivity contribution in [1.29, 1.82) is 5.26 Å². The molecule has 1 N–H and O–H groups in total. The van der Waals surface area contributed by atoms with Crippen LogP contribution >= 0.6 is 0 Å². The normalized spacial score (nSPS) is 21.5. The first-order valence-corrected chi connectivity index (χ1v) is 17.3. The fourth-order valence-corrected chi connectivity index (χ4v) is 8.60. The van der Waals surface area contributed by atoms with Gasteiger partial charge in [-0.15, -0.1) is 0 Å². The van der Waals surface area contributed by atoms with Gasteiger partial charge in [0.1, 0.15) is 0 Å². The molecule has 2 aromatic carbocycles. The molecule has 3 aliphatic heterocycles. The van der Waals surface area contributed by atoms with Gasteiger partial charge in [0.15, 0.2) is 5.78 Å². The maximum atomic E-state index is 14.3. The minimum Gasteiger partial charge on any atom is -0.371 e. The molecule has 0 bridgehead atoms. The Morgan fingerprint density at radius 2 is 1.74 bits per heavy atom. The molecule has 2 fully saturated rings. The van der Waals surface area contributed by atoms with E-state index in [0.29, 0.717) is 42.2 Å². The van der Waals surface area contributed by atoms with Gasteiger partial charge in [-0.1, -0.05) is 26.0 Å². The summed E-state index contributed by atoms with van der Waals surface area (Å²) in [7, 11) is -3.27. The zero-order valence-corrected chi connectivity index (χ0v) is 26.1. The summed E-state index contributed by atoms with van der Waals surface area (Å²) in [6, 6.07) is 12.6. The number of carbonyl (C=O) groups is 1. The summed E-state index contributed by atoms with van der Waals surface area (Å²) in [5.74, 6) is -0.00463. The van der Waals surface area contributed by atoms with E-state index in [4.69, 9.17) is 0 Å². The second-order valence-corrected chi connectivity index (χ2v) is 15.2. The van der Waals surface area contributed by atoms with Crippen LogP contribution in [0.2, 0.25) is 0 Å². The van der Waals surface area contributed by atoms with Crippen LogP contribution in [0.4, 0.5) is 5.69 Å². The molecule has 0 spiro atoms. The quantitative estimate of drug-likeness (QED) is 0.453. The number of ketones is 1. The predicted octanol–water partition coefficient (Wildman–Crippen LogP) is 5.02. The number of benzene rings is 2. The molecule has 0 radical (unpaired) electrons. The van der Waals surface area contributed by atoms with Crippen molar-refractivity contribution < 1.29 is 13.2 Å². The van der Waals surface area contributed by atoms with Crippen LogP contribution in [-0.2, 0) is 15.4 Å². The van der Waals surface area contributed by atoms with E-state index in [1.54, 1.807) is 6.07 Å². The number of sulfonamides is 1. The molecular weight excluding hydrogens is 558 g/mol. The number of fused-ring (bicyclic) bond motifs is 4. The van der Waals surface area contributed by atoms with Crippen molar-refractivity contribution in [2.75, 3.05) is 50.4 Å². The minimum atomic E-state index is -3.27. The Kier molecular flexibility index (Phi) is 6.80. The molecule has 0 atom stereocenters. The number of carbonyl (C=O) groups excluding carboxylic acids is 1. The molecule has 0 saturated carbocycles. The number of anilines is 1. The molecule has 4 aliphatic rings. The maximum Gasteiger partial charge on any atom is 0.211 e. The molecule has 9 heteroatoms. The number of hydrogen-bond acceptors (Lipinski definition) is 6. The Morgan fingerprint density at radius 3 is 2.40 bits per heavy atom. The van der Waals surface area contributed by atoms with Gasteiger partial charge in [0, 0.05) is 71.0 Å². The van der Waals surface area contributed by atoms with Crippen molar-refractivity contribution in [3.63, 3.8) is 0 Å². The molecule has 7 rings (SSSR count). The second-order valence-electron chi connectivity index (χ2n) is 13.2. The molecular formula is C34H39N5O3S. The lowest BCUT2D eigenvalue weighted by Crippen LogP contribution is -2.44. The minimum absolute atomic E-state index is 0.00463. The Bertz CT molecular complexity index is 1820. The standard InChI is InChI=1S/C34H39N5O3S/c1-34(2)28-20-30(38-14-10-24(11-15-38)37-12-4-5-13-37)26(23-8-16-39(17-9-23)43(3,41)42)19-27(28)32(40)31-25-7-6-22(21-35)18-29(25)36-33(31)34/h6-8,18-20,24,36H,4-5,9-17H2,1-3H3. The van der Waals surface area contributed by atoms with E-state index in [1.165, 1.54) is 36.5 Å². The van der Waals surface area contributed by atoms with Crippen LogP contribution in [0, 0.1) is 11.3 Å². The fourth-order valence-electron chi connectivity index (χ4n) is 7.83. The summed E-state index contributed by atoms with van der Waals surface area (Å²) in [6.07, 6.45) is 8.73. The third-order valence-electron chi connectivity index (χ3n) is 10.3. The van der Waals surface area contributed by atoms with Gasteiger partial charge in [-0.05, 0) is 80.6 Å². The molecule has 2 saturated heterocycles. The summed E-state index contributed by atoms with van der Waals surface area (Å²) >= 11 is 0. The number of aromatic nitrogens is 1. The molecule has 43 heavy (non-hydrogen) atoms. The van der Waals surface area contributed by atoms with E-state index in [2.05, 4.69) is 46.8 Å². The first-order valence-electron chi connectivity index (χ1n) is 15.5. The maximum absolute atomic E-state index is 14.3. The summed E-state index contributed by atoms with van der Waals surface area (Å²) in [5, 5.41) is 10.3. The van der Waals surface area contributed by atoms with Crippen LogP contribution < -0.4 is 4.90 Å². The Hall–Kier alpha value is -3.45. The number of piperidine rings is 1. The number of H-pyrrole nitrogens is 1. The highest BCUT2D eigenvalue weighted by atomic mass is 32.2. The third-order valence-corrected chi connectivity index (χ3v) is 11.6. The van der Waals surface area contributed by atoms with Gasteiger partial charge in [0.2, 0.25) is 10.0 Å². The molecule has 0 unspecified atom stereocenters. The van der Waals surface area contributed by atoms with Gasteiger partial charge >= 0.3 is 0 Å². The van der Waals surface area contributed by atoms with Gasteiger partial charge in [0.25, 0.3) is 0 Å². The van der Waals surface area contributed by atoms with Crippen LogP contribution in [-0.4, -0.2) is 80.0 Å². The molecule has 0 amide bonds. The number of aromatic amines is 1. The van der Waals surface area contributed by atoms with Gasteiger partial charge in [-0.25, -0.2) is 8.42 Å². The van der Waals surface area contributed by atoms with E-state index >= 15 is 0 Å². The van der Waals surface area contributed by atoms with Crippen molar-refractivity contribution >= 4 is 38.0 Å². The van der Waals surface area contributed by atoms with Gasteiger partial charge < -0.3 is 14.8 Å². The molecule has 4 heterocycles. The van der Waals surface area contributed by atoms with Gasteiger partial charge in [0.05, 0.1) is 23.5 Å².